The van der Waals surface area contributed by atoms with Crippen molar-refractivity contribution in [1.29, 1.82) is 0 Å². The van der Waals surface area contributed by atoms with Crippen molar-refractivity contribution in [3.63, 3.8) is 0 Å². The maximum Gasteiger partial charge on any atom is 0.225 e. The third-order valence-electron chi connectivity index (χ3n) is 6.59. The van der Waals surface area contributed by atoms with Crippen molar-refractivity contribution < 1.29 is 5.11 Å². The summed E-state index contributed by atoms with van der Waals surface area (Å²) >= 11 is 0. The molecule has 6 nitrogen and oxygen atoms in total. The Balaban J connectivity index is 1.71. The Morgan fingerprint density at radius 3 is 2.60 bits per heavy atom. The summed E-state index contributed by atoms with van der Waals surface area (Å²) in [4.78, 5) is 14.2. The normalized spacial score (nSPS) is 20.1. The third-order valence-corrected chi connectivity index (χ3v) is 6.59. The lowest BCUT2D eigenvalue weighted by Gasteiger charge is -2.36. The molecule has 0 bridgehead atoms. The minimum absolute atomic E-state index is 0.0272. The number of aromatic nitrogens is 2. The summed E-state index contributed by atoms with van der Waals surface area (Å²) in [6.45, 7) is 9.75. The van der Waals surface area contributed by atoms with Gasteiger partial charge in [0.1, 0.15) is 5.69 Å². The van der Waals surface area contributed by atoms with Gasteiger partial charge in [-0.05, 0) is 18.4 Å². The molecule has 1 atom stereocenters. The lowest BCUT2D eigenvalue weighted by Crippen LogP contribution is -2.41. The number of hydrogen-bond acceptors (Lipinski definition) is 6. The smallest absolute Gasteiger partial charge is 0.225 e. The van der Waals surface area contributed by atoms with Crippen LogP contribution in [0.1, 0.15) is 51.1 Å². The Hall–Kier alpha value is -2.60. The van der Waals surface area contributed by atoms with Crippen molar-refractivity contribution in [3.05, 3.63) is 54.4 Å². The predicted molar refractivity (Wildman–Crippen MR) is 123 cm³/mol. The monoisotopic (exact) mass is 407 g/mol. The molecule has 1 aliphatic heterocycles. The van der Waals surface area contributed by atoms with Crippen LogP contribution in [0.25, 0.3) is 0 Å². The number of nitrogens with one attached hydrogen (secondary N) is 1. The number of nitrogens with zero attached hydrogens (tertiary/aromatic N) is 4. The second-order valence-electron chi connectivity index (χ2n) is 9.15. The summed E-state index contributed by atoms with van der Waals surface area (Å²) in [5.41, 5.74) is 3.01. The van der Waals surface area contributed by atoms with E-state index in [1.807, 2.05) is 36.5 Å². The molecular weight excluding hydrogens is 374 g/mol. The van der Waals surface area contributed by atoms with Gasteiger partial charge in [-0.25, -0.2) is 4.98 Å². The van der Waals surface area contributed by atoms with E-state index in [2.05, 4.69) is 47.6 Å². The molecule has 0 spiro atoms. The highest BCUT2D eigenvalue weighted by Gasteiger charge is 2.38. The van der Waals surface area contributed by atoms with Crippen LogP contribution in [-0.2, 0) is 0 Å². The molecule has 4 rings (SSSR count). The predicted octanol–water partition coefficient (Wildman–Crippen LogP) is 4.36. The average Bonchev–Trinajstić information content (AvgIpc) is 3.28. The summed E-state index contributed by atoms with van der Waals surface area (Å²) in [5.74, 6) is 1.50. The second kappa shape index (κ2) is 8.26. The van der Waals surface area contributed by atoms with E-state index >= 15 is 0 Å². The largest absolute Gasteiger partial charge is 0.394 e. The van der Waals surface area contributed by atoms with Gasteiger partial charge in [0.05, 0.1) is 18.8 Å². The van der Waals surface area contributed by atoms with Crippen molar-refractivity contribution in [2.24, 2.45) is 5.41 Å². The zero-order chi connectivity index (χ0) is 21.3. The van der Waals surface area contributed by atoms with E-state index < -0.39 is 0 Å². The Labute approximate surface area is 179 Å². The van der Waals surface area contributed by atoms with E-state index in [0.29, 0.717) is 12.0 Å². The van der Waals surface area contributed by atoms with Gasteiger partial charge in [0, 0.05) is 30.7 Å². The van der Waals surface area contributed by atoms with Crippen LogP contribution < -0.4 is 15.1 Å². The minimum atomic E-state index is -0.251. The maximum atomic E-state index is 9.95. The zero-order valence-corrected chi connectivity index (χ0v) is 18.3. The Morgan fingerprint density at radius 1 is 1.23 bits per heavy atom. The van der Waals surface area contributed by atoms with Crippen LogP contribution in [0.3, 0.4) is 0 Å². The molecule has 2 N–H and O–H groups in total. The Bertz CT molecular complexity index is 892. The lowest BCUT2D eigenvalue weighted by atomic mass is 9.88. The van der Waals surface area contributed by atoms with Gasteiger partial charge in [0.2, 0.25) is 5.95 Å². The summed E-state index contributed by atoms with van der Waals surface area (Å²) in [6.07, 6.45) is 6.82. The summed E-state index contributed by atoms with van der Waals surface area (Å²) in [5, 5.41) is 13.3. The minimum Gasteiger partial charge on any atom is -0.394 e. The first-order chi connectivity index (χ1) is 14.4. The first-order valence-corrected chi connectivity index (χ1v) is 10.9. The molecule has 1 aromatic carbocycles. The average molecular weight is 408 g/mol. The van der Waals surface area contributed by atoms with Crippen LogP contribution in [0, 0.1) is 5.41 Å². The molecule has 1 aliphatic carbocycles. The number of anilines is 3. The fourth-order valence-electron chi connectivity index (χ4n) is 4.67. The number of aliphatic hydroxyl groups is 1. The first kappa shape index (κ1) is 20.7. The summed E-state index contributed by atoms with van der Waals surface area (Å²) in [6, 6.07) is 10.2. The van der Waals surface area contributed by atoms with E-state index in [1.165, 1.54) is 25.7 Å². The van der Waals surface area contributed by atoms with E-state index in [-0.39, 0.29) is 18.1 Å². The summed E-state index contributed by atoms with van der Waals surface area (Å²) < 4.78 is 0. The number of hydrogen-bond donors (Lipinski definition) is 2. The van der Waals surface area contributed by atoms with Gasteiger partial charge in [0.25, 0.3) is 0 Å². The van der Waals surface area contributed by atoms with Crippen LogP contribution >= 0.6 is 0 Å². The van der Waals surface area contributed by atoms with E-state index in [4.69, 9.17) is 4.98 Å². The maximum absolute atomic E-state index is 9.95. The van der Waals surface area contributed by atoms with Crippen LogP contribution in [0.15, 0.2) is 48.8 Å². The highest BCUT2D eigenvalue weighted by atomic mass is 16.3. The molecule has 30 heavy (non-hydrogen) atoms. The third kappa shape index (κ3) is 3.88. The molecule has 1 fully saturated rings. The van der Waals surface area contributed by atoms with Crippen molar-refractivity contribution in [2.45, 2.75) is 51.6 Å². The quantitative estimate of drug-likeness (QED) is 0.768. The molecule has 6 heteroatoms. The van der Waals surface area contributed by atoms with Crippen molar-refractivity contribution in [2.75, 3.05) is 35.3 Å². The Kier molecular flexibility index (Phi) is 5.69. The molecule has 1 aromatic heterocycles. The van der Waals surface area contributed by atoms with Gasteiger partial charge < -0.3 is 20.2 Å². The highest BCUT2D eigenvalue weighted by molar-refractivity contribution is 5.72. The molecule has 0 amide bonds. The fraction of sp³-hybridized carbons (Fsp3) is 0.500. The van der Waals surface area contributed by atoms with Crippen molar-refractivity contribution in [3.8, 4) is 0 Å². The SMILES string of the molecule is C=C1N(C)c2cnc(N[C@@H](CO)c3ccccc3)nc2N(C2CCCC2)CC1(C)C. The van der Waals surface area contributed by atoms with Gasteiger partial charge >= 0.3 is 0 Å². The molecule has 2 aliphatic rings. The number of aliphatic hydroxyl groups excluding tert-OH is 1. The fourth-order valence-corrected chi connectivity index (χ4v) is 4.67. The molecule has 2 aromatic rings. The van der Waals surface area contributed by atoms with Crippen LogP contribution in [-0.4, -0.2) is 41.3 Å². The van der Waals surface area contributed by atoms with Crippen LogP contribution in [0.4, 0.5) is 17.5 Å². The molecule has 160 valence electrons. The van der Waals surface area contributed by atoms with Crippen molar-refractivity contribution >= 4 is 17.5 Å². The van der Waals surface area contributed by atoms with Crippen LogP contribution in [0.2, 0.25) is 0 Å². The van der Waals surface area contributed by atoms with E-state index in [0.717, 1.165) is 29.3 Å². The molecule has 0 unspecified atom stereocenters. The van der Waals surface area contributed by atoms with Gasteiger partial charge in [-0.3, -0.25) is 0 Å². The summed E-state index contributed by atoms with van der Waals surface area (Å²) in [7, 11) is 2.05. The molecule has 1 saturated carbocycles. The molecule has 0 radical (unpaired) electrons. The number of rotatable bonds is 5. The number of fused-ring (bicyclic) bond motifs is 1. The standard InChI is InChI=1S/C24H33N5O/c1-17-24(2,3)16-29(19-12-8-9-13-19)22-21(28(17)4)14-25-23(27-22)26-20(15-30)18-10-6-5-7-11-18/h5-7,10-11,14,19-20,30H,1,8-9,12-13,15-16H2,2-4H3,(H,25,26,27)/t20-/m0/s1. The van der Waals surface area contributed by atoms with Crippen molar-refractivity contribution in [1.82, 2.24) is 9.97 Å². The lowest BCUT2D eigenvalue weighted by molar-refractivity contribution is 0.276. The number of benzene rings is 1. The molecular formula is C24H33N5O. The van der Waals surface area contributed by atoms with E-state index in [9.17, 15) is 5.11 Å². The van der Waals surface area contributed by atoms with Crippen LogP contribution in [0.5, 0.6) is 0 Å². The molecule has 2 heterocycles. The van der Waals surface area contributed by atoms with Gasteiger partial charge in [-0.1, -0.05) is 63.6 Å². The molecule has 0 saturated heterocycles. The van der Waals surface area contributed by atoms with Gasteiger partial charge in [0.15, 0.2) is 5.82 Å². The topological polar surface area (TPSA) is 64.5 Å². The zero-order valence-electron chi connectivity index (χ0n) is 18.3. The highest BCUT2D eigenvalue weighted by Crippen LogP contribution is 2.43. The van der Waals surface area contributed by atoms with Gasteiger partial charge in [-0.2, -0.15) is 4.98 Å². The van der Waals surface area contributed by atoms with Gasteiger partial charge in [-0.15, -0.1) is 0 Å². The second-order valence-corrected chi connectivity index (χ2v) is 9.15. The first-order valence-electron chi connectivity index (χ1n) is 10.9. The van der Waals surface area contributed by atoms with E-state index in [1.54, 1.807) is 0 Å². The Morgan fingerprint density at radius 2 is 1.93 bits per heavy atom.